The highest BCUT2D eigenvalue weighted by Crippen LogP contribution is 2.53. The van der Waals surface area contributed by atoms with Crippen LogP contribution >= 0.6 is 0 Å². The van der Waals surface area contributed by atoms with E-state index in [1.54, 1.807) is 12.1 Å². The first kappa shape index (κ1) is 25.9. The first-order valence-corrected chi connectivity index (χ1v) is 8.65. The van der Waals surface area contributed by atoms with Gasteiger partial charge in [-0.25, -0.2) is 4.79 Å². The minimum atomic E-state index is -6.97. The molecule has 172 valence electrons. The summed E-state index contributed by atoms with van der Waals surface area (Å²) in [6.45, 7) is 1.63. The van der Waals surface area contributed by atoms with Crippen molar-refractivity contribution in [2.45, 2.75) is 56.6 Å². The Hall–Kier alpha value is -2.14. The summed E-state index contributed by atoms with van der Waals surface area (Å²) in [5, 5.41) is 0. The fourth-order valence-electron chi connectivity index (χ4n) is 2.17. The van der Waals surface area contributed by atoms with Gasteiger partial charge in [-0.05, 0) is 30.0 Å². The molecule has 0 heterocycles. The van der Waals surface area contributed by atoms with Gasteiger partial charge in [0.25, 0.3) is 0 Å². The van der Waals surface area contributed by atoms with Crippen LogP contribution in [0.4, 0.5) is 39.5 Å². The predicted octanol–water partition coefficient (Wildman–Crippen LogP) is 5.98. The van der Waals surface area contributed by atoms with Crippen molar-refractivity contribution >= 4 is 5.97 Å². The van der Waals surface area contributed by atoms with Gasteiger partial charge < -0.3 is 9.47 Å². The Kier molecular flexibility index (Phi) is 8.06. The molecule has 0 saturated heterocycles. The normalized spacial score (nSPS) is 14.4. The van der Waals surface area contributed by atoms with Gasteiger partial charge in [-0.3, -0.25) is 0 Å². The minimum Gasteiger partial charge on any atom is -0.482 e. The molecular weight excluding hydrogens is 435 g/mol. The lowest BCUT2D eigenvalue weighted by atomic mass is 9.99. The van der Waals surface area contributed by atoms with Crippen LogP contribution < -0.4 is 4.74 Å². The summed E-state index contributed by atoms with van der Waals surface area (Å²) in [4.78, 5) is 11.4. The van der Waals surface area contributed by atoms with Crippen molar-refractivity contribution in [3.05, 3.63) is 29.8 Å². The van der Waals surface area contributed by atoms with Crippen LogP contribution in [0, 0.1) is 0 Å². The van der Waals surface area contributed by atoms with Crippen molar-refractivity contribution in [2.75, 3.05) is 13.2 Å². The number of esters is 1. The molecule has 0 saturated carbocycles. The van der Waals surface area contributed by atoms with Crippen LogP contribution in [0.3, 0.4) is 0 Å². The Labute approximate surface area is 166 Å². The van der Waals surface area contributed by atoms with Crippen molar-refractivity contribution in [2.24, 2.45) is 0 Å². The summed E-state index contributed by atoms with van der Waals surface area (Å²) in [6, 6.07) is 6.47. The Morgan fingerprint density at radius 2 is 1.47 bits per heavy atom. The van der Waals surface area contributed by atoms with Crippen LogP contribution in [0.15, 0.2) is 24.3 Å². The molecule has 0 aliphatic rings. The van der Waals surface area contributed by atoms with E-state index in [-0.39, 0.29) is 11.7 Å². The quantitative estimate of drug-likeness (QED) is 0.322. The number of carbonyl (C=O) groups excluding carboxylic acids is 1. The molecule has 0 radical (unpaired) electrons. The lowest BCUT2D eigenvalue weighted by Gasteiger charge is -2.33. The minimum absolute atomic E-state index is 0.209. The Morgan fingerprint density at radius 3 is 1.93 bits per heavy atom. The molecule has 0 amide bonds. The maximum absolute atomic E-state index is 13.3. The van der Waals surface area contributed by atoms with E-state index < -0.39 is 49.5 Å². The zero-order valence-electron chi connectivity index (χ0n) is 15.8. The van der Waals surface area contributed by atoms with Gasteiger partial charge in [0, 0.05) is 0 Å². The predicted molar refractivity (Wildman–Crippen MR) is 87.1 cm³/mol. The molecule has 3 nitrogen and oxygen atoms in total. The first-order valence-electron chi connectivity index (χ1n) is 8.65. The maximum Gasteiger partial charge on any atom is 0.460 e. The van der Waals surface area contributed by atoms with Crippen LogP contribution in [-0.4, -0.2) is 43.1 Å². The van der Waals surface area contributed by atoms with Gasteiger partial charge in [-0.2, -0.15) is 39.5 Å². The molecule has 0 N–H and O–H groups in total. The number of hydrogen-bond acceptors (Lipinski definition) is 3. The van der Waals surface area contributed by atoms with Gasteiger partial charge in [0.05, 0.1) is 13.0 Å². The van der Waals surface area contributed by atoms with Crippen LogP contribution in [0.25, 0.3) is 0 Å². The number of ether oxygens (including phenoxy) is 2. The van der Waals surface area contributed by atoms with Crippen LogP contribution in [0.1, 0.15) is 38.2 Å². The van der Waals surface area contributed by atoms with Crippen LogP contribution in [0.5, 0.6) is 5.75 Å². The lowest BCUT2D eigenvalue weighted by Crippen LogP contribution is -2.61. The van der Waals surface area contributed by atoms with Crippen LogP contribution in [-0.2, 0) is 9.53 Å². The molecule has 0 fully saturated rings. The van der Waals surface area contributed by atoms with Crippen molar-refractivity contribution in [1.29, 1.82) is 0 Å². The Morgan fingerprint density at radius 1 is 0.933 bits per heavy atom. The van der Waals surface area contributed by atoms with E-state index in [2.05, 4.69) is 4.74 Å². The number of hydrogen-bond donors (Lipinski definition) is 0. The van der Waals surface area contributed by atoms with E-state index in [1.165, 1.54) is 12.1 Å². The third-order valence-electron chi connectivity index (χ3n) is 4.31. The van der Waals surface area contributed by atoms with Gasteiger partial charge >= 0.3 is 29.9 Å². The van der Waals surface area contributed by atoms with E-state index in [4.69, 9.17) is 4.74 Å². The van der Waals surface area contributed by atoms with E-state index in [1.807, 2.05) is 13.8 Å². The Bertz CT molecular complexity index is 700. The number of benzene rings is 1. The molecular formula is C18H19F9O3. The topological polar surface area (TPSA) is 35.5 Å². The molecule has 0 spiro atoms. The highest BCUT2D eigenvalue weighted by Gasteiger charge is 2.81. The number of alkyl halides is 9. The van der Waals surface area contributed by atoms with Gasteiger partial charge in [-0.15, -0.1) is 0 Å². The molecule has 0 bridgehead atoms. The van der Waals surface area contributed by atoms with Crippen LogP contribution in [0.2, 0.25) is 0 Å². The second-order valence-corrected chi connectivity index (χ2v) is 6.49. The third kappa shape index (κ3) is 5.72. The van der Waals surface area contributed by atoms with Gasteiger partial charge in [0.2, 0.25) is 0 Å². The average molecular weight is 454 g/mol. The summed E-state index contributed by atoms with van der Waals surface area (Å²) < 4.78 is 123. The lowest BCUT2D eigenvalue weighted by molar-refractivity contribution is -0.397. The third-order valence-corrected chi connectivity index (χ3v) is 4.31. The van der Waals surface area contributed by atoms with E-state index in [0.717, 1.165) is 12.0 Å². The van der Waals surface area contributed by atoms with Gasteiger partial charge in [0.1, 0.15) is 5.75 Å². The molecule has 12 heteroatoms. The molecule has 0 aliphatic heterocycles. The van der Waals surface area contributed by atoms with E-state index in [0.29, 0.717) is 0 Å². The molecule has 1 aromatic rings. The number of rotatable bonds is 10. The first-order chi connectivity index (χ1) is 13.6. The second kappa shape index (κ2) is 9.34. The van der Waals surface area contributed by atoms with Crippen molar-refractivity contribution in [1.82, 2.24) is 0 Å². The van der Waals surface area contributed by atoms with Crippen molar-refractivity contribution in [3.63, 3.8) is 0 Å². The number of carbonyl (C=O) groups is 1. The second-order valence-electron chi connectivity index (χ2n) is 6.49. The van der Waals surface area contributed by atoms with Gasteiger partial charge in [-0.1, -0.05) is 26.0 Å². The van der Waals surface area contributed by atoms with Crippen molar-refractivity contribution < 1.29 is 53.8 Å². The highest BCUT2D eigenvalue weighted by atomic mass is 19.4. The van der Waals surface area contributed by atoms with Gasteiger partial charge in [0.15, 0.2) is 6.61 Å². The van der Waals surface area contributed by atoms with Crippen molar-refractivity contribution in [3.8, 4) is 5.75 Å². The molecule has 30 heavy (non-hydrogen) atoms. The molecule has 1 atom stereocenters. The summed E-state index contributed by atoms with van der Waals surface area (Å²) in [6.07, 6.45) is -8.26. The van der Waals surface area contributed by atoms with E-state index in [9.17, 15) is 44.3 Å². The number of halogens is 9. The molecule has 1 unspecified atom stereocenters. The highest BCUT2D eigenvalue weighted by molar-refractivity contribution is 5.71. The summed E-state index contributed by atoms with van der Waals surface area (Å²) in [7, 11) is 0. The Balaban J connectivity index is 2.57. The maximum atomic E-state index is 13.3. The smallest absolute Gasteiger partial charge is 0.460 e. The van der Waals surface area contributed by atoms with E-state index >= 15 is 0 Å². The SMILES string of the molecule is CCC(C)c1ccc(OCC(=O)OCCC(F)(F)C(F)(F)C(F)(F)C(F)(F)F)cc1. The summed E-state index contributed by atoms with van der Waals surface area (Å²) in [5.74, 6) is -20.3. The molecule has 0 aliphatic carbocycles. The molecule has 0 aromatic heterocycles. The largest absolute Gasteiger partial charge is 0.482 e. The fourth-order valence-corrected chi connectivity index (χ4v) is 2.17. The molecule has 1 aromatic carbocycles. The zero-order chi connectivity index (χ0) is 23.4. The summed E-state index contributed by atoms with van der Waals surface area (Å²) >= 11 is 0. The standard InChI is InChI=1S/C18H19F9O3/c1-3-11(2)12-4-6-13(7-5-12)30-10-14(28)29-9-8-15(19,20)16(21,22)17(23,24)18(25,26)27/h4-7,11H,3,8-10H2,1-2H3. The summed E-state index contributed by atoms with van der Waals surface area (Å²) in [5.41, 5.74) is 0.992. The fraction of sp³-hybridized carbons (Fsp3) is 0.611. The average Bonchev–Trinajstić information content (AvgIpc) is 2.64. The zero-order valence-corrected chi connectivity index (χ0v) is 15.8. The monoisotopic (exact) mass is 454 g/mol. The molecule has 1 rings (SSSR count).